The predicted octanol–water partition coefficient (Wildman–Crippen LogP) is 5.19. The minimum atomic E-state index is -0.453. The van der Waals surface area contributed by atoms with Crippen LogP contribution < -0.4 is 0 Å². The molecule has 1 aliphatic carbocycles. The minimum Gasteiger partial charge on any atom is -0.444 e. The van der Waals surface area contributed by atoms with E-state index in [2.05, 4.69) is 40.2 Å². The summed E-state index contributed by atoms with van der Waals surface area (Å²) in [6.45, 7) is 5.81. The fourth-order valence-electron chi connectivity index (χ4n) is 4.83. The number of hydrogen-bond acceptors (Lipinski definition) is 3. The van der Waals surface area contributed by atoms with Crippen LogP contribution in [0.2, 0.25) is 0 Å². The molecule has 0 radical (unpaired) electrons. The Kier molecular flexibility index (Phi) is 4.62. The van der Waals surface area contributed by atoms with Gasteiger partial charge in [0.05, 0.1) is 12.1 Å². The summed E-state index contributed by atoms with van der Waals surface area (Å²) in [5.74, 6) is 0.575. The second kappa shape index (κ2) is 6.66. The highest BCUT2D eigenvalue weighted by Crippen LogP contribution is 2.46. The van der Waals surface area contributed by atoms with Crippen molar-refractivity contribution >= 4 is 27.7 Å². The first kappa shape index (κ1) is 18.0. The summed E-state index contributed by atoms with van der Waals surface area (Å²) in [5, 5.41) is 0. The van der Waals surface area contributed by atoms with E-state index < -0.39 is 5.60 Å². The van der Waals surface area contributed by atoms with Crippen molar-refractivity contribution in [1.82, 2.24) is 4.90 Å². The fourth-order valence-corrected chi connectivity index (χ4v) is 5.10. The van der Waals surface area contributed by atoms with Gasteiger partial charge in [-0.05, 0) is 76.5 Å². The van der Waals surface area contributed by atoms with Crippen molar-refractivity contribution in [1.29, 1.82) is 0 Å². The Balaban J connectivity index is 1.55. The molecule has 1 saturated heterocycles. The number of aliphatic imine (C=N–C) groups is 1. The van der Waals surface area contributed by atoms with Gasteiger partial charge in [-0.2, -0.15) is 0 Å². The summed E-state index contributed by atoms with van der Waals surface area (Å²) < 4.78 is 6.81. The van der Waals surface area contributed by atoms with E-state index in [0.717, 1.165) is 30.2 Å². The maximum Gasteiger partial charge on any atom is 0.410 e. The van der Waals surface area contributed by atoms with E-state index in [9.17, 15) is 4.79 Å². The van der Waals surface area contributed by atoms with Crippen molar-refractivity contribution in [2.75, 3.05) is 0 Å². The van der Waals surface area contributed by atoms with Crippen LogP contribution in [0.3, 0.4) is 0 Å². The van der Waals surface area contributed by atoms with Gasteiger partial charge in [-0.3, -0.25) is 9.89 Å². The van der Waals surface area contributed by atoms with Crippen LogP contribution in [0.15, 0.2) is 33.7 Å². The van der Waals surface area contributed by atoms with Crippen LogP contribution in [-0.4, -0.2) is 40.4 Å². The van der Waals surface area contributed by atoms with E-state index >= 15 is 0 Å². The largest absolute Gasteiger partial charge is 0.444 e. The Bertz CT molecular complexity index is 723. The summed E-state index contributed by atoms with van der Waals surface area (Å²) in [6, 6.07) is 9.13. The fraction of sp³-hybridized carbons (Fsp3) is 0.619. The number of fused-ring (bicyclic) bond motifs is 2. The Labute approximate surface area is 164 Å². The topological polar surface area (TPSA) is 41.9 Å². The van der Waals surface area contributed by atoms with Crippen LogP contribution >= 0.6 is 15.9 Å². The maximum atomic E-state index is 12.9. The molecule has 1 saturated carbocycles. The zero-order valence-electron chi connectivity index (χ0n) is 15.7. The highest BCUT2D eigenvalue weighted by Gasteiger charge is 2.52. The molecule has 1 amide bonds. The third kappa shape index (κ3) is 3.42. The standard InChI is InChI=1S/C21H27BrN2O2/c1-21(2,3)26-20(25)24-16-9-6-14(12-16)19(24)18-11-10-17(23-18)13-4-7-15(22)8-5-13/h4-5,7-8,14,16,18-19H,6,9-12H2,1-3H3. The van der Waals surface area contributed by atoms with Gasteiger partial charge in [0.2, 0.25) is 0 Å². The number of nitrogens with zero attached hydrogens (tertiary/aromatic N) is 2. The first-order valence-corrected chi connectivity index (χ1v) is 10.4. The molecular formula is C21H27BrN2O2. The van der Waals surface area contributed by atoms with Crippen molar-refractivity contribution in [2.24, 2.45) is 10.9 Å². The van der Waals surface area contributed by atoms with E-state index in [1.807, 2.05) is 25.7 Å². The smallest absolute Gasteiger partial charge is 0.410 e. The van der Waals surface area contributed by atoms with E-state index in [-0.39, 0.29) is 18.2 Å². The van der Waals surface area contributed by atoms with E-state index in [4.69, 9.17) is 9.73 Å². The SMILES string of the molecule is CC(C)(C)OC(=O)N1C2CCC(C2)C1C1CCC(c2ccc(Br)cc2)=N1. The summed E-state index contributed by atoms with van der Waals surface area (Å²) in [4.78, 5) is 20.0. The lowest BCUT2D eigenvalue weighted by atomic mass is 9.91. The first-order chi connectivity index (χ1) is 12.3. The number of benzene rings is 1. The van der Waals surface area contributed by atoms with Crippen molar-refractivity contribution in [3.63, 3.8) is 0 Å². The molecule has 4 unspecified atom stereocenters. The van der Waals surface area contributed by atoms with Crippen molar-refractivity contribution in [2.45, 2.75) is 76.6 Å². The van der Waals surface area contributed by atoms with Gasteiger partial charge in [0.25, 0.3) is 0 Å². The number of halogens is 1. The summed E-state index contributed by atoms with van der Waals surface area (Å²) in [5.41, 5.74) is 1.92. The molecule has 3 aliphatic rings. The molecule has 140 valence electrons. The lowest BCUT2D eigenvalue weighted by Crippen LogP contribution is -2.51. The number of likely N-dealkylation sites (tertiary alicyclic amines) is 1. The number of rotatable bonds is 2. The zero-order valence-corrected chi connectivity index (χ0v) is 17.3. The van der Waals surface area contributed by atoms with Gasteiger partial charge in [0, 0.05) is 16.2 Å². The summed E-state index contributed by atoms with van der Waals surface area (Å²) >= 11 is 3.49. The van der Waals surface area contributed by atoms with E-state index in [0.29, 0.717) is 12.0 Å². The molecule has 1 aromatic carbocycles. The van der Waals surface area contributed by atoms with Gasteiger partial charge in [-0.1, -0.05) is 28.1 Å². The summed E-state index contributed by atoms with van der Waals surface area (Å²) in [7, 11) is 0. The van der Waals surface area contributed by atoms with Gasteiger partial charge >= 0.3 is 6.09 Å². The molecule has 0 aromatic heterocycles. The first-order valence-electron chi connectivity index (χ1n) is 9.66. The molecule has 2 fully saturated rings. The Morgan fingerprint density at radius 2 is 1.92 bits per heavy atom. The average Bonchev–Trinajstić information content (AvgIpc) is 3.28. The van der Waals surface area contributed by atoms with Crippen molar-refractivity contribution in [3.05, 3.63) is 34.3 Å². The van der Waals surface area contributed by atoms with Crippen molar-refractivity contribution in [3.8, 4) is 0 Å². The van der Waals surface area contributed by atoms with Gasteiger partial charge in [0.15, 0.2) is 0 Å². The Hall–Kier alpha value is -1.36. The molecule has 1 aromatic rings. The molecular weight excluding hydrogens is 392 g/mol. The van der Waals surface area contributed by atoms with Gasteiger partial charge in [-0.15, -0.1) is 0 Å². The average molecular weight is 419 g/mol. The molecule has 26 heavy (non-hydrogen) atoms. The normalized spacial score (nSPS) is 30.6. The third-order valence-electron chi connectivity index (χ3n) is 5.82. The van der Waals surface area contributed by atoms with Crippen LogP contribution in [0.1, 0.15) is 58.4 Å². The van der Waals surface area contributed by atoms with Crippen LogP contribution in [0.4, 0.5) is 4.79 Å². The quantitative estimate of drug-likeness (QED) is 0.662. The van der Waals surface area contributed by atoms with E-state index in [1.165, 1.54) is 17.7 Å². The van der Waals surface area contributed by atoms with Gasteiger partial charge in [-0.25, -0.2) is 4.79 Å². The highest BCUT2D eigenvalue weighted by atomic mass is 79.9. The second-order valence-corrected chi connectivity index (χ2v) is 9.71. The van der Waals surface area contributed by atoms with Crippen LogP contribution in [-0.2, 0) is 4.74 Å². The van der Waals surface area contributed by atoms with Crippen LogP contribution in [0, 0.1) is 5.92 Å². The number of carbonyl (C=O) groups is 1. The molecule has 0 N–H and O–H groups in total. The lowest BCUT2D eigenvalue weighted by molar-refractivity contribution is 0.00446. The number of hydrogen-bond donors (Lipinski definition) is 0. The predicted molar refractivity (Wildman–Crippen MR) is 107 cm³/mol. The number of amides is 1. The molecule has 4 nitrogen and oxygen atoms in total. The maximum absolute atomic E-state index is 12.9. The minimum absolute atomic E-state index is 0.151. The molecule has 4 atom stereocenters. The molecule has 4 rings (SSSR count). The third-order valence-corrected chi connectivity index (χ3v) is 6.35. The van der Waals surface area contributed by atoms with Crippen LogP contribution in [0.25, 0.3) is 0 Å². The molecule has 2 heterocycles. The Morgan fingerprint density at radius 3 is 2.62 bits per heavy atom. The van der Waals surface area contributed by atoms with Gasteiger partial charge in [0.1, 0.15) is 5.60 Å². The Morgan fingerprint density at radius 1 is 1.19 bits per heavy atom. The summed E-state index contributed by atoms with van der Waals surface area (Å²) in [6.07, 6.45) is 5.30. The number of piperidine rings is 1. The molecule has 2 bridgehead atoms. The molecule has 2 aliphatic heterocycles. The molecule has 0 spiro atoms. The highest BCUT2D eigenvalue weighted by molar-refractivity contribution is 9.10. The van der Waals surface area contributed by atoms with Crippen molar-refractivity contribution < 1.29 is 9.53 Å². The van der Waals surface area contributed by atoms with E-state index in [1.54, 1.807) is 0 Å². The lowest BCUT2D eigenvalue weighted by Gasteiger charge is -2.38. The monoisotopic (exact) mass is 418 g/mol. The number of ether oxygens (including phenoxy) is 1. The number of carbonyl (C=O) groups excluding carboxylic acids is 1. The molecule has 5 heteroatoms. The van der Waals surface area contributed by atoms with Crippen LogP contribution in [0.5, 0.6) is 0 Å². The second-order valence-electron chi connectivity index (χ2n) is 8.79. The zero-order chi connectivity index (χ0) is 18.5. The van der Waals surface area contributed by atoms with Gasteiger partial charge < -0.3 is 4.74 Å².